The summed E-state index contributed by atoms with van der Waals surface area (Å²) < 4.78 is 39.0. The molecule has 17 heavy (non-hydrogen) atoms. The minimum absolute atomic E-state index is 0.169. The number of nitrogens with zero attached hydrogens (tertiary/aromatic N) is 1. The molecule has 5 heteroatoms. The molecule has 0 aliphatic heterocycles. The SMILES string of the molecule is CCNCCN(C)Cc1ccc(F)c(F)c1F. The van der Waals surface area contributed by atoms with E-state index in [1.165, 1.54) is 6.07 Å². The van der Waals surface area contributed by atoms with Crippen LogP contribution >= 0.6 is 0 Å². The quantitative estimate of drug-likeness (QED) is 0.611. The van der Waals surface area contributed by atoms with E-state index < -0.39 is 17.5 Å². The fraction of sp³-hybridized carbons (Fsp3) is 0.500. The first-order valence-electron chi connectivity index (χ1n) is 5.58. The normalized spacial score (nSPS) is 11.2. The molecule has 0 spiro atoms. The highest BCUT2D eigenvalue weighted by Crippen LogP contribution is 2.16. The number of likely N-dealkylation sites (N-methyl/N-ethyl adjacent to an activating group) is 2. The second kappa shape index (κ2) is 6.61. The molecule has 0 radical (unpaired) electrons. The van der Waals surface area contributed by atoms with Crippen LogP contribution in [0.2, 0.25) is 0 Å². The lowest BCUT2D eigenvalue weighted by atomic mass is 10.2. The Bertz CT molecular complexity index is 369. The van der Waals surface area contributed by atoms with Crippen LogP contribution < -0.4 is 5.32 Å². The summed E-state index contributed by atoms with van der Waals surface area (Å²) >= 11 is 0. The Labute approximate surface area is 99.4 Å². The lowest BCUT2D eigenvalue weighted by Gasteiger charge is -2.17. The Morgan fingerprint density at radius 2 is 1.88 bits per heavy atom. The van der Waals surface area contributed by atoms with E-state index in [1.54, 1.807) is 7.05 Å². The lowest BCUT2D eigenvalue weighted by Crippen LogP contribution is -2.29. The number of hydrogen-bond acceptors (Lipinski definition) is 2. The molecule has 96 valence electrons. The van der Waals surface area contributed by atoms with E-state index in [-0.39, 0.29) is 12.1 Å². The summed E-state index contributed by atoms with van der Waals surface area (Å²) in [5, 5.41) is 3.13. The Balaban J connectivity index is 2.59. The second-order valence-electron chi connectivity index (χ2n) is 3.93. The summed E-state index contributed by atoms with van der Waals surface area (Å²) in [4.78, 5) is 1.85. The Morgan fingerprint density at radius 1 is 1.18 bits per heavy atom. The van der Waals surface area contributed by atoms with Gasteiger partial charge in [0.05, 0.1) is 0 Å². The van der Waals surface area contributed by atoms with Crippen molar-refractivity contribution in [3.8, 4) is 0 Å². The maximum atomic E-state index is 13.4. The van der Waals surface area contributed by atoms with Gasteiger partial charge in [0, 0.05) is 25.2 Å². The van der Waals surface area contributed by atoms with E-state index in [1.807, 2.05) is 11.8 Å². The van der Waals surface area contributed by atoms with Gasteiger partial charge in [-0.25, -0.2) is 13.2 Å². The first kappa shape index (κ1) is 14.0. The van der Waals surface area contributed by atoms with Crippen LogP contribution in [0.3, 0.4) is 0 Å². The molecule has 0 saturated heterocycles. The van der Waals surface area contributed by atoms with E-state index in [0.29, 0.717) is 6.54 Å². The summed E-state index contributed by atoms with van der Waals surface area (Å²) in [5.41, 5.74) is 0.169. The van der Waals surface area contributed by atoms with Crippen LogP contribution in [-0.2, 0) is 6.54 Å². The highest BCUT2D eigenvalue weighted by Gasteiger charge is 2.14. The standard InChI is InChI=1S/C12H17F3N2/c1-3-16-6-7-17(2)8-9-4-5-10(13)12(15)11(9)14/h4-5,16H,3,6-8H2,1-2H3. The Morgan fingerprint density at radius 3 is 2.53 bits per heavy atom. The van der Waals surface area contributed by atoms with Crippen molar-refractivity contribution in [2.45, 2.75) is 13.5 Å². The third-order valence-electron chi connectivity index (χ3n) is 2.48. The third kappa shape index (κ3) is 4.02. The molecule has 2 nitrogen and oxygen atoms in total. The van der Waals surface area contributed by atoms with Gasteiger partial charge in [-0.05, 0) is 19.7 Å². The molecular formula is C12H17F3N2. The number of rotatable bonds is 6. The molecule has 0 amide bonds. The lowest BCUT2D eigenvalue weighted by molar-refractivity contribution is 0.316. The third-order valence-corrected chi connectivity index (χ3v) is 2.48. The molecule has 1 aromatic rings. The van der Waals surface area contributed by atoms with Crippen LogP contribution in [0.25, 0.3) is 0 Å². The number of nitrogens with one attached hydrogen (secondary N) is 1. The van der Waals surface area contributed by atoms with E-state index in [2.05, 4.69) is 5.32 Å². The molecule has 0 unspecified atom stereocenters. The number of benzene rings is 1. The molecule has 0 aromatic heterocycles. The zero-order chi connectivity index (χ0) is 12.8. The molecule has 0 aliphatic rings. The summed E-state index contributed by atoms with van der Waals surface area (Å²) in [7, 11) is 1.80. The summed E-state index contributed by atoms with van der Waals surface area (Å²) in [5.74, 6) is -3.65. The van der Waals surface area contributed by atoms with Crippen molar-refractivity contribution in [2.24, 2.45) is 0 Å². The average Bonchev–Trinajstić information content (AvgIpc) is 2.30. The molecule has 0 fully saturated rings. The maximum absolute atomic E-state index is 13.4. The molecule has 0 bridgehead atoms. The zero-order valence-electron chi connectivity index (χ0n) is 10.1. The summed E-state index contributed by atoms with van der Waals surface area (Å²) in [6.45, 7) is 4.61. The summed E-state index contributed by atoms with van der Waals surface area (Å²) in [6.07, 6.45) is 0. The van der Waals surface area contributed by atoms with Gasteiger partial charge in [0.15, 0.2) is 17.5 Å². The van der Waals surface area contributed by atoms with Crippen LogP contribution in [-0.4, -0.2) is 31.6 Å². The molecule has 1 N–H and O–H groups in total. The minimum atomic E-state index is -1.40. The topological polar surface area (TPSA) is 15.3 Å². The zero-order valence-corrected chi connectivity index (χ0v) is 10.1. The van der Waals surface area contributed by atoms with Gasteiger partial charge in [0.1, 0.15) is 0 Å². The van der Waals surface area contributed by atoms with Gasteiger partial charge in [-0.3, -0.25) is 0 Å². The Hall–Kier alpha value is -1.07. The second-order valence-corrected chi connectivity index (χ2v) is 3.93. The Kier molecular flexibility index (Phi) is 5.44. The average molecular weight is 246 g/mol. The molecule has 1 rings (SSSR count). The first-order valence-corrected chi connectivity index (χ1v) is 5.58. The fourth-order valence-corrected chi connectivity index (χ4v) is 1.50. The van der Waals surface area contributed by atoms with Gasteiger partial charge >= 0.3 is 0 Å². The van der Waals surface area contributed by atoms with E-state index in [0.717, 1.165) is 19.2 Å². The van der Waals surface area contributed by atoms with Gasteiger partial charge in [-0.1, -0.05) is 13.0 Å². The van der Waals surface area contributed by atoms with Gasteiger partial charge in [0.25, 0.3) is 0 Å². The fourth-order valence-electron chi connectivity index (χ4n) is 1.50. The van der Waals surface area contributed by atoms with Gasteiger partial charge in [0.2, 0.25) is 0 Å². The molecule has 0 aliphatic carbocycles. The monoisotopic (exact) mass is 246 g/mol. The number of halogens is 3. The van der Waals surface area contributed by atoms with Crippen molar-refractivity contribution in [1.82, 2.24) is 10.2 Å². The van der Waals surface area contributed by atoms with Gasteiger partial charge in [-0.15, -0.1) is 0 Å². The highest BCUT2D eigenvalue weighted by molar-refractivity contribution is 5.20. The molecule has 0 atom stereocenters. The van der Waals surface area contributed by atoms with Crippen molar-refractivity contribution in [1.29, 1.82) is 0 Å². The minimum Gasteiger partial charge on any atom is -0.316 e. The smallest absolute Gasteiger partial charge is 0.194 e. The van der Waals surface area contributed by atoms with Crippen molar-refractivity contribution >= 4 is 0 Å². The largest absolute Gasteiger partial charge is 0.316 e. The molecule has 0 saturated carbocycles. The van der Waals surface area contributed by atoms with Gasteiger partial charge < -0.3 is 10.2 Å². The summed E-state index contributed by atoms with van der Waals surface area (Å²) in [6, 6.07) is 2.23. The van der Waals surface area contributed by atoms with E-state index in [4.69, 9.17) is 0 Å². The van der Waals surface area contributed by atoms with Gasteiger partial charge in [-0.2, -0.15) is 0 Å². The maximum Gasteiger partial charge on any atom is 0.194 e. The first-order chi connectivity index (χ1) is 8.06. The number of hydrogen-bond donors (Lipinski definition) is 1. The molecule has 1 aromatic carbocycles. The van der Waals surface area contributed by atoms with Crippen LogP contribution in [0, 0.1) is 17.5 Å². The van der Waals surface area contributed by atoms with E-state index >= 15 is 0 Å². The van der Waals surface area contributed by atoms with Crippen LogP contribution in [0.1, 0.15) is 12.5 Å². The van der Waals surface area contributed by atoms with Crippen LogP contribution in [0.15, 0.2) is 12.1 Å². The molecular weight excluding hydrogens is 229 g/mol. The van der Waals surface area contributed by atoms with Crippen LogP contribution in [0.4, 0.5) is 13.2 Å². The van der Waals surface area contributed by atoms with Crippen LogP contribution in [0.5, 0.6) is 0 Å². The predicted molar refractivity (Wildman–Crippen MR) is 61.2 cm³/mol. The van der Waals surface area contributed by atoms with Crippen molar-refractivity contribution in [2.75, 3.05) is 26.7 Å². The van der Waals surface area contributed by atoms with Crippen molar-refractivity contribution < 1.29 is 13.2 Å². The highest BCUT2D eigenvalue weighted by atomic mass is 19.2. The van der Waals surface area contributed by atoms with Crippen molar-refractivity contribution in [3.63, 3.8) is 0 Å². The van der Waals surface area contributed by atoms with Crippen molar-refractivity contribution in [3.05, 3.63) is 35.1 Å². The predicted octanol–water partition coefficient (Wildman–Crippen LogP) is 2.15. The van der Waals surface area contributed by atoms with E-state index in [9.17, 15) is 13.2 Å². The molecule has 0 heterocycles.